The zero-order valence-electron chi connectivity index (χ0n) is 23.3. The SMILES string of the molecule is COc1ccc(-c2nn([C@@H](C)c3cc4cccc(Cl)c4c(=O)n3-c3ccccc3)c3ncnc(N)c23)cc1N=[S-](=O)OC. The quantitative estimate of drug-likeness (QED) is 0.216. The maximum atomic E-state index is 14.0. The second kappa shape index (κ2) is 11.5. The van der Waals surface area contributed by atoms with Gasteiger partial charge in [0, 0.05) is 18.4 Å². The van der Waals surface area contributed by atoms with E-state index in [0.29, 0.717) is 60.9 Å². The molecule has 0 saturated carbocycles. The van der Waals surface area contributed by atoms with E-state index in [0.717, 1.165) is 0 Å². The molecule has 0 aliphatic carbocycles. The van der Waals surface area contributed by atoms with Gasteiger partial charge in [0.05, 0.1) is 40.3 Å². The van der Waals surface area contributed by atoms with Crippen molar-refractivity contribution in [2.75, 3.05) is 20.0 Å². The van der Waals surface area contributed by atoms with E-state index in [2.05, 4.69) is 14.3 Å². The lowest BCUT2D eigenvalue weighted by atomic mass is 10.1. The number of anilines is 1. The zero-order valence-corrected chi connectivity index (χ0v) is 24.8. The predicted molar refractivity (Wildman–Crippen MR) is 167 cm³/mol. The number of fused-ring (bicyclic) bond motifs is 2. The lowest BCUT2D eigenvalue weighted by Gasteiger charge is -2.21. The highest BCUT2D eigenvalue weighted by Crippen LogP contribution is 2.38. The third kappa shape index (κ3) is 4.99. The molecule has 43 heavy (non-hydrogen) atoms. The third-order valence-corrected chi connectivity index (χ3v) is 8.07. The van der Waals surface area contributed by atoms with Gasteiger partial charge in [-0.1, -0.05) is 52.8 Å². The van der Waals surface area contributed by atoms with Gasteiger partial charge in [-0.25, -0.2) is 14.6 Å². The maximum absolute atomic E-state index is 14.0. The number of methoxy groups -OCH3 is 1. The molecule has 0 unspecified atom stereocenters. The Labute approximate surface area is 252 Å². The van der Waals surface area contributed by atoms with Crippen molar-refractivity contribution in [3.63, 3.8) is 0 Å². The Kier molecular flexibility index (Phi) is 7.57. The molecule has 3 aromatic carbocycles. The lowest BCUT2D eigenvalue weighted by Crippen LogP contribution is -2.26. The summed E-state index contributed by atoms with van der Waals surface area (Å²) in [4.78, 5) is 22.8. The number of nitrogens with two attached hydrogens (primary N) is 1. The van der Waals surface area contributed by atoms with E-state index in [9.17, 15) is 9.00 Å². The molecule has 1 atom stereocenters. The third-order valence-electron chi connectivity index (χ3n) is 7.12. The fourth-order valence-electron chi connectivity index (χ4n) is 5.11. The summed E-state index contributed by atoms with van der Waals surface area (Å²) < 4.78 is 29.7. The van der Waals surface area contributed by atoms with Crippen LogP contribution in [0.5, 0.6) is 5.75 Å². The number of para-hydroxylation sites is 1. The fraction of sp³-hybridized carbons (Fsp3) is 0.133. The lowest BCUT2D eigenvalue weighted by molar-refractivity contribution is 0.415. The minimum atomic E-state index is -1.92. The number of rotatable bonds is 7. The van der Waals surface area contributed by atoms with Gasteiger partial charge in [0.25, 0.3) is 5.56 Å². The minimum absolute atomic E-state index is 0.221. The molecule has 6 aromatic rings. The van der Waals surface area contributed by atoms with Crippen LogP contribution in [0.2, 0.25) is 5.02 Å². The van der Waals surface area contributed by atoms with Gasteiger partial charge in [0.2, 0.25) is 0 Å². The van der Waals surface area contributed by atoms with Crippen LogP contribution in [0, 0.1) is 0 Å². The van der Waals surface area contributed by atoms with Gasteiger partial charge in [-0.3, -0.25) is 9.36 Å². The highest BCUT2D eigenvalue weighted by atomic mass is 35.5. The standard InChI is InChI=1S/C30H25ClN7O4S/c1-17(23-15-18-8-7-11-21(31)25(18)30(39)37(23)20-9-5-4-6-10-20)38-29-26(28(32)33-16-34-29)27(35-38)19-12-13-24(41-2)22(14-19)36-43(40)42-3/h4-17H,1-3H3,(H2,32,33,34)/q-1/t17-/m0/s1. The summed E-state index contributed by atoms with van der Waals surface area (Å²) in [5.41, 5.74) is 9.30. The van der Waals surface area contributed by atoms with Crippen molar-refractivity contribution >= 4 is 55.8 Å². The van der Waals surface area contributed by atoms with Gasteiger partial charge in [0.15, 0.2) is 5.65 Å². The molecule has 0 bridgehead atoms. The first kappa shape index (κ1) is 28.3. The minimum Gasteiger partial charge on any atom is -0.495 e. The molecular weight excluding hydrogens is 590 g/mol. The molecule has 0 aliphatic heterocycles. The number of benzene rings is 3. The van der Waals surface area contributed by atoms with Crippen LogP contribution in [-0.4, -0.2) is 38.5 Å². The summed E-state index contributed by atoms with van der Waals surface area (Å²) in [6, 6.07) is 21.3. The number of ether oxygens (including phenoxy) is 1. The van der Waals surface area contributed by atoms with Crippen molar-refractivity contribution in [2.45, 2.75) is 13.0 Å². The van der Waals surface area contributed by atoms with Gasteiger partial charge < -0.3 is 23.2 Å². The van der Waals surface area contributed by atoms with Crippen molar-refractivity contribution < 1.29 is 13.1 Å². The number of hydrogen-bond acceptors (Lipinski definition) is 10. The smallest absolute Gasteiger partial charge is 0.264 e. The Morgan fingerprint density at radius 2 is 1.79 bits per heavy atom. The topological polar surface area (TPSA) is 140 Å². The second-order valence-electron chi connectivity index (χ2n) is 9.54. The number of hydrogen-bond donors (Lipinski definition) is 1. The van der Waals surface area contributed by atoms with Crippen LogP contribution in [0.4, 0.5) is 11.5 Å². The van der Waals surface area contributed by atoms with Gasteiger partial charge in [-0.15, -0.1) is 0 Å². The fourth-order valence-corrected chi connectivity index (χ4v) is 5.75. The number of pyridine rings is 1. The molecule has 0 aliphatic rings. The van der Waals surface area contributed by atoms with Crippen LogP contribution in [0.25, 0.3) is 38.8 Å². The second-order valence-corrected chi connectivity index (χ2v) is 10.9. The Morgan fingerprint density at radius 1 is 1.00 bits per heavy atom. The monoisotopic (exact) mass is 614 g/mol. The molecule has 218 valence electrons. The summed E-state index contributed by atoms with van der Waals surface area (Å²) in [6.45, 7) is 1.93. The van der Waals surface area contributed by atoms with E-state index >= 15 is 0 Å². The summed E-state index contributed by atoms with van der Waals surface area (Å²) in [5.74, 6) is 0.621. The molecule has 13 heteroatoms. The van der Waals surface area contributed by atoms with Crippen LogP contribution in [0.15, 0.2) is 88.3 Å². The first-order chi connectivity index (χ1) is 20.8. The predicted octanol–water partition coefficient (Wildman–Crippen LogP) is 5.99. The van der Waals surface area contributed by atoms with Crippen molar-refractivity contribution in [3.05, 3.63) is 100 Å². The molecule has 6 rings (SSSR count). The van der Waals surface area contributed by atoms with Gasteiger partial charge in [-0.2, -0.15) is 5.10 Å². The number of halogens is 1. The normalized spacial score (nSPS) is 13.0. The number of nitrogen functional groups attached to an aromatic ring is 1. The van der Waals surface area contributed by atoms with Crippen molar-refractivity contribution in [1.29, 1.82) is 0 Å². The molecule has 0 amide bonds. The summed E-state index contributed by atoms with van der Waals surface area (Å²) in [6.07, 6.45) is 1.37. The molecule has 0 fully saturated rings. The number of aromatic nitrogens is 5. The first-order valence-corrected chi connectivity index (χ1v) is 14.5. The highest BCUT2D eigenvalue weighted by Gasteiger charge is 2.25. The summed E-state index contributed by atoms with van der Waals surface area (Å²) in [5, 5.41) is 6.96. The van der Waals surface area contributed by atoms with Gasteiger partial charge >= 0.3 is 0 Å². The molecule has 3 aromatic heterocycles. The van der Waals surface area contributed by atoms with E-state index in [1.165, 1.54) is 20.5 Å². The Balaban J connectivity index is 1.62. The van der Waals surface area contributed by atoms with Gasteiger partial charge in [-0.05, 0) is 54.8 Å². The van der Waals surface area contributed by atoms with Crippen LogP contribution in [-0.2, 0) is 19.3 Å². The van der Waals surface area contributed by atoms with Gasteiger partial charge in [0.1, 0.15) is 23.6 Å². The largest absolute Gasteiger partial charge is 0.495 e. The molecule has 0 saturated heterocycles. The summed E-state index contributed by atoms with van der Waals surface area (Å²) >= 11 is 6.51. The highest BCUT2D eigenvalue weighted by molar-refractivity contribution is 7.69. The molecule has 3 heterocycles. The Morgan fingerprint density at radius 3 is 2.53 bits per heavy atom. The average Bonchev–Trinajstić information content (AvgIpc) is 3.42. The van der Waals surface area contributed by atoms with E-state index < -0.39 is 16.9 Å². The van der Waals surface area contributed by atoms with Crippen LogP contribution >= 0.6 is 11.6 Å². The van der Waals surface area contributed by atoms with E-state index in [-0.39, 0.29) is 11.4 Å². The number of nitrogens with zero attached hydrogens (tertiary/aromatic N) is 6. The van der Waals surface area contributed by atoms with Crippen molar-refractivity contribution in [3.8, 4) is 22.7 Å². The molecular formula is C30H25ClN7O4S-. The van der Waals surface area contributed by atoms with Crippen molar-refractivity contribution in [1.82, 2.24) is 24.3 Å². The zero-order chi connectivity index (χ0) is 30.2. The first-order valence-electron chi connectivity index (χ1n) is 13.1. The molecule has 0 radical (unpaired) electrons. The summed E-state index contributed by atoms with van der Waals surface area (Å²) in [7, 11) is 0.861. The van der Waals surface area contributed by atoms with Crippen LogP contribution in [0.1, 0.15) is 18.7 Å². The van der Waals surface area contributed by atoms with Crippen LogP contribution in [0.3, 0.4) is 0 Å². The average molecular weight is 615 g/mol. The Bertz CT molecular complexity index is 2160. The maximum Gasteiger partial charge on any atom is 0.264 e. The van der Waals surface area contributed by atoms with E-state index in [4.69, 9.17) is 31.4 Å². The molecule has 0 spiro atoms. The molecule has 11 nitrogen and oxygen atoms in total. The Hall–Kier alpha value is -4.78. The van der Waals surface area contributed by atoms with E-state index in [1.54, 1.807) is 33.5 Å². The van der Waals surface area contributed by atoms with E-state index in [1.807, 2.05) is 55.5 Å². The van der Waals surface area contributed by atoms with Crippen LogP contribution < -0.4 is 16.0 Å². The van der Waals surface area contributed by atoms with Crippen molar-refractivity contribution in [2.24, 2.45) is 4.36 Å². The molecule has 2 N–H and O–H groups in total.